The van der Waals surface area contributed by atoms with Gasteiger partial charge >= 0.3 is 0 Å². The monoisotopic (exact) mass is 384 g/mol. The van der Waals surface area contributed by atoms with Crippen molar-refractivity contribution in [3.05, 3.63) is 76.5 Å². The van der Waals surface area contributed by atoms with Gasteiger partial charge in [0.1, 0.15) is 5.76 Å². The number of anilines is 1. The Morgan fingerprint density at radius 1 is 1.00 bits per heavy atom. The summed E-state index contributed by atoms with van der Waals surface area (Å²) in [6.45, 7) is 3.95. The van der Waals surface area contributed by atoms with E-state index in [2.05, 4.69) is 10.6 Å². The predicted octanol–water partition coefficient (Wildman–Crippen LogP) is 5.34. The number of amides is 1. The maximum Gasteiger partial charge on any atom is 0.293 e. The van der Waals surface area contributed by atoms with E-state index in [-0.39, 0.29) is 10.9 Å². The minimum absolute atomic E-state index is 0.181. The van der Waals surface area contributed by atoms with Gasteiger partial charge in [0.2, 0.25) is 0 Å². The number of carbonyl (C=O) groups excluding carboxylic acids is 1. The van der Waals surface area contributed by atoms with Gasteiger partial charge in [-0.3, -0.25) is 10.1 Å². The van der Waals surface area contributed by atoms with Crippen LogP contribution in [-0.4, -0.2) is 11.0 Å². The highest BCUT2D eigenvalue weighted by Gasteiger charge is 2.14. The van der Waals surface area contributed by atoms with E-state index >= 15 is 0 Å². The predicted molar refractivity (Wildman–Crippen MR) is 109 cm³/mol. The average Bonchev–Trinajstić information content (AvgIpc) is 3.09. The highest BCUT2D eigenvalue weighted by molar-refractivity contribution is 7.80. The van der Waals surface area contributed by atoms with Crippen LogP contribution in [0.5, 0.6) is 0 Å². The molecule has 0 saturated carbocycles. The van der Waals surface area contributed by atoms with Crippen LogP contribution in [0.1, 0.15) is 21.7 Å². The summed E-state index contributed by atoms with van der Waals surface area (Å²) in [4.78, 5) is 12.4. The summed E-state index contributed by atoms with van der Waals surface area (Å²) in [5, 5.41) is 6.57. The zero-order valence-corrected chi connectivity index (χ0v) is 15.9. The number of carbonyl (C=O) groups is 1. The molecule has 3 aromatic rings. The van der Waals surface area contributed by atoms with Crippen LogP contribution in [0.2, 0.25) is 5.02 Å². The molecule has 3 rings (SSSR count). The molecule has 0 aliphatic carbocycles. The molecule has 0 bridgehead atoms. The van der Waals surface area contributed by atoms with Crippen molar-refractivity contribution in [3.8, 4) is 11.3 Å². The fourth-order valence-corrected chi connectivity index (χ4v) is 2.87. The van der Waals surface area contributed by atoms with Gasteiger partial charge in [-0.1, -0.05) is 29.8 Å². The van der Waals surface area contributed by atoms with Crippen molar-refractivity contribution < 1.29 is 9.21 Å². The number of furan rings is 1. The Hall–Kier alpha value is -2.63. The number of hydrogen-bond donors (Lipinski definition) is 2. The summed E-state index contributed by atoms with van der Waals surface area (Å²) in [6.07, 6.45) is 0. The van der Waals surface area contributed by atoms with Crippen LogP contribution >= 0.6 is 23.8 Å². The number of hydrogen-bond acceptors (Lipinski definition) is 3. The molecule has 0 saturated heterocycles. The number of nitrogens with one attached hydrogen (secondary N) is 2. The number of rotatable bonds is 3. The van der Waals surface area contributed by atoms with Crippen molar-refractivity contribution in [2.45, 2.75) is 13.8 Å². The van der Waals surface area contributed by atoms with Crippen molar-refractivity contribution in [1.82, 2.24) is 5.32 Å². The van der Waals surface area contributed by atoms with Crippen molar-refractivity contribution in [2.24, 2.45) is 0 Å². The topological polar surface area (TPSA) is 54.3 Å². The van der Waals surface area contributed by atoms with Gasteiger partial charge in [0.15, 0.2) is 10.9 Å². The molecule has 0 unspecified atom stereocenters. The Kier molecular flexibility index (Phi) is 5.40. The normalized spacial score (nSPS) is 10.4. The van der Waals surface area contributed by atoms with Gasteiger partial charge in [-0.2, -0.15) is 0 Å². The first kappa shape index (κ1) is 18.2. The highest BCUT2D eigenvalue weighted by Crippen LogP contribution is 2.24. The molecule has 26 heavy (non-hydrogen) atoms. The van der Waals surface area contributed by atoms with Gasteiger partial charge in [0.05, 0.1) is 0 Å². The van der Waals surface area contributed by atoms with Crippen molar-refractivity contribution in [1.29, 1.82) is 0 Å². The molecule has 0 spiro atoms. The molecule has 0 fully saturated rings. The molecule has 2 aromatic carbocycles. The van der Waals surface area contributed by atoms with Gasteiger partial charge in [-0.15, -0.1) is 0 Å². The molecule has 6 heteroatoms. The number of aryl methyl sites for hydroxylation is 2. The molecule has 132 valence electrons. The Morgan fingerprint density at radius 3 is 2.31 bits per heavy atom. The van der Waals surface area contributed by atoms with Crippen LogP contribution < -0.4 is 10.6 Å². The lowest BCUT2D eigenvalue weighted by Crippen LogP contribution is -2.34. The van der Waals surface area contributed by atoms with Crippen molar-refractivity contribution >= 4 is 40.5 Å². The first-order valence-electron chi connectivity index (χ1n) is 7.98. The largest absolute Gasteiger partial charge is 0.451 e. The van der Waals surface area contributed by atoms with Crippen molar-refractivity contribution in [2.75, 3.05) is 5.32 Å². The summed E-state index contributed by atoms with van der Waals surface area (Å²) >= 11 is 11.1. The zero-order chi connectivity index (χ0) is 18.7. The summed E-state index contributed by atoms with van der Waals surface area (Å²) < 4.78 is 5.63. The maximum absolute atomic E-state index is 12.4. The third-order valence-corrected chi connectivity index (χ3v) is 4.36. The summed E-state index contributed by atoms with van der Waals surface area (Å²) in [7, 11) is 0. The Balaban J connectivity index is 1.68. The lowest BCUT2D eigenvalue weighted by molar-refractivity contribution is 0.0951. The molecule has 0 atom stereocenters. The number of para-hydroxylation sites is 1. The fourth-order valence-electron chi connectivity index (χ4n) is 2.55. The van der Waals surface area contributed by atoms with E-state index in [1.165, 1.54) is 0 Å². The van der Waals surface area contributed by atoms with E-state index < -0.39 is 5.91 Å². The minimum atomic E-state index is -0.408. The van der Waals surface area contributed by atoms with E-state index in [4.69, 9.17) is 28.2 Å². The third-order valence-electron chi connectivity index (χ3n) is 3.91. The SMILES string of the molecule is Cc1cccc(C)c1NC(=S)NC(=O)c1ccc(-c2ccc(Cl)cc2)o1. The smallest absolute Gasteiger partial charge is 0.293 e. The molecular weight excluding hydrogens is 368 g/mol. The molecule has 2 N–H and O–H groups in total. The molecule has 0 aliphatic heterocycles. The molecule has 0 aliphatic rings. The van der Waals surface area contributed by atoms with Crippen LogP contribution in [0.4, 0.5) is 5.69 Å². The Labute approximate surface area is 162 Å². The van der Waals surface area contributed by atoms with Gasteiger partial charge < -0.3 is 9.73 Å². The molecule has 1 amide bonds. The first-order chi connectivity index (χ1) is 12.4. The first-order valence-corrected chi connectivity index (χ1v) is 8.77. The van der Waals surface area contributed by atoms with Crippen LogP contribution in [-0.2, 0) is 0 Å². The lowest BCUT2D eigenvalue weighted by Gasteiger charge is -2.13. The Morgan fingerprint density at radius 2 is 1.65 bits per heavy atom. The Bertz CT molecular complexity index is 944. The fraction of sp³-hybridized carbons (Fsp3) is 0.100. The standard InChI is InChI=1S/C20H17ClN2O2S/c1-12-4-3-5-13(2)18(12)22-20(26)23-19(24)17-11-10-16(25-17)14-6-8-15(21)9-7-14/h3-11H,1-2H3,(H2,22,23,24,26). The maximum atomic E-state index is 12.4. The second-order valence-corrected chi connectivity index (χ2v) is 6.69. The summed E-state index contributed by atoms with van der Waals surface area (Å²) in [5.74, 6) is 0.356. The summed E-state index contributed by atoms with van der Waals surface area (Å²) in [5.41, 5.74) is 3.82. The van der Waals surface area contributed by atoms with Gasteiger partial charge in [0, 0.05) is 16.3 Å². The second kappa shape index (κ2) is 7.72. The molecule has 0 radical (unpaired) electrons. The van der Waals surface area contributed by atoms with E-state index in [0.717, 1.165) is 22.4 Å². The van der Waals surface area contributed by atoms with E-state index in [9.17, 15) is 4.79 Å². The molecule has 1 heterocycles. The summed E-state index contributed by atoms with van der Waals surface area (Å²) in [6, 6.07) is 16.5. The van der Waals surface area contributed by atoms with Gasteiger partial charge in [0.25, 0.3) is 5.91 Å². The van der Waals surface area contributed by atoms with Gasteiger partial charge in [-0.25, -0.2) is 0 Å². The lowest BCUT2D eigenvalue weighted by atomic mass is 10.1. The van der Waals surface area contributed by atoms with Crippen LogP contribution in [0.15, 0.2) is 59.0 Å². The van der Waals surface area contributed by atoms with Crippen LogP contribution in [0.3, 0.4) is 0 Å². The highest BCUT2D eigenvalue weighted by atomic mass is 35.5. The van der Waals surface area contributed by atoms with Crippen LogP contribution in [0.25, 0.3) is 11.3 Å². The van der Waals surface area contributed by atoms with E-state index in [0.29, 0.717) is 10.8 Å². The zero-order valence-electron chi connectivity index (χ0n) is 14.3. The van der Waals surface area contributed by atoms with Gasteiger partial charge in [-0.05, 0) is 73.6 Å². The number of benzene rings is 2. The van der Waals surface area contributed by atoms with E-state index in [1.54, 1.807) is 24.3 Å². The number of thiocarbonyl (C=S) groups is 1. The average molecular weight is 385 g/mol. The van der Waals surface area contributed by atoms with Crippen molar-refractivity contribution in [3.63, 3.8) is 0 Å². The second-order valence-electron chi connectivity index (χ2n) is 5.85. The van der Waals surface area contributed by atoms with Crippen LogP contribution in [0, 0.1) is 13.8 Å². The minimum Gasteiger partial charge on any atom is -0.451 e. The molecule has 1 aromatic heterocycles. The third kappa shape index (κ3) is 4.12. The quantitative estimate of drug-likeness (QED) is 0.598. The number of halogens is 1. The van der Waals surface area contributed by atoms with E-state index in [1.807, 2.05) is 44.2 Å². The molecule has 4 nitrogen and oxygen atoms in total. The molecular formula is C20H17ClN2O2S.